The molecule has 1 atom stereocenters. The molecule has 1 aromatic heterocycles. The average Bonchev–Trinajstić information content (AvgIpc) is 3.28. The normalized spacial score (nSPS) is 15.6. The van der Waals surface area contributed by atoms with Crippen molar-refractivity contribution >= 4 is 46.8 Å². The van der Waals surface area contributed by atoms with E-state index in [1.807, 2.05) is 41.5 Å². The van der Waals surface area contributed by atoms with E-state index in [9.17, 15) is 14.4 Å². The van der Waals surface area contributed by atoms with Gasteiger partial charge in [-0.15, -0.1) is 0 Å². The fourth-order valence-corrected chi connectivity index (χ4v) is 7.51. The van der Waals surface area contributed by atoms with Crippen molar-refractivity contribution in [2.75, 3.05) is 41.3 Å². The Labute approximate surface area is 284 Å². The number of aromatic nitrogens is 1. The molecule has 3 heterocycles. The number of hydrogen-bond acceptors (Lipinski definition) is 5. The van der Waals surface area contributed by atoms with Crippen LogP contribution in [0.25, 0.3) is 28.2 Å². The molecule has 5 rings (SSSR count). The summed E-state index contributed by atoms with van der Waals surface area (Å²) in [4.78, 5) is 43.7. The lowest BCUT2D eigenvalue weighted by atomic mass is 9.89. The summed E-state index contributed by atoms with van der Waals surface area (Å²) in [5.41, 5.74) is 6.88. The van der Waals surface area contributed by atoms with E-state index in [1.54, 1.807) is 19.0 Å². The Balaban J connectivity index is 1.55. The van der Waals surface area contributed by atoms with Gasteiger partial charge in [-0.2, -0.15) is 0 Å². The van der Waals surface area contributed by atoms with Gasteiger partial charge in [0.1, 0.15) is 0 Å². The molecule has 0 spiro atoms. The summed E-state index contributed by atoms with van der Waals surface area (Å²) in [6.07, 6.45) is 10.7. The largest absolute Gasteiger partial charge is 0.349 e. The third kappa shape index (κ3) is 7.78. The molecule has 8 nitrogen and oxygen atoms in total. The second-order valence-electron chi connectivity index (χ2n) is 13.6. The van der Waals surface area contributed by atoms with Crippen LogP contribution in [0.2, 0.25) is 0 Å². The molecule has 1 unspecified atom stereocenters. The first kappa shape index (κ1) is 34.8. The molecular weight excluding hydrogens is 607 g/mol. The highest BCUT2D eigenvalue weighted by molar-refractivity contribution is 7.95. The third-order valence-corrected chi connectivity index (χ3v) is 10.3. The Morgan fingerprint density at radius 3 is 2.40 bits per heavy atom. The first-order chi connectivity index (χ1) is 22.6. The van der Waals surface area contributed by atoms with Gasteiger partial charge in [0.05, 0.1) is 12.2 Å². The Morgan fingerprint density at radius 1 is 0.979 bits per heavy atom. The molecule has 2 aliphatic rings. The SMILES string of the molecule is CCCCCCCC(C)c1c2n(c3cc(C(=O)NSN(C)C)ccc13)CC(C(=O)N1CCC(C(=O)N(C)C)CC1)=Cc1ccccc1-2. The molecule has 1 saturated heterocycles. The van der Waals surface area contributed by atoms with Crippen molar-refractivity contribution in [1.82, 2.24) is 23.4 Å². The van der Waals surface area contributed by atoms with E-state index >= 15 is 0 Å². The van der Waals surface area contributed by atoms with Crippen molar-refractivity contribution in [2.24, 2.45) is 5.92 Å². The van der Waals surface area contributed by atoms with E-state index in [2.05, 4.69) is 53.5 Å². The van der Waals surface area contributed by atoms with Crippen molar-refractivity contribution < 1.29 is 14.4 Å². The molecule has 0 saturated carbocycles. The highest BCUT2D eigenvalue weighted by Crippen LogP contribution is 2.44. The number of hydrogen-bond donors (Lipinski definition) is 1. The maximum absolute atomic E-state index is 14.2. The monoisotopic (exact) mass is 657 g/mol. The highest BCUT2D eigenvalue weighted by atomic mass is 32.2. The minimum absolute atomic E-state index is 0.0204. The lowest BCUT2D eigenvalue weighted by Gasteiger charge is -2.33. The molecule has 1 fully saturated rings. The van der Waals surface area contributed by atoms with E-state index in [4.69, 9.17) is 0 Å². The van der Waals surface area contributed by atoms with Crippen LogP contribution in [0.3, 0.4) is 0 Å². The lowest BCUT2D eigenvalue weighted by Crippen LogP contribution is -2.43. The Bertz CT molecular complexity index is 1630. The molecule has 1 N–H and O–H groups in total. The van der Waals surface area contributed by atoms with Crippen LogP contribution < -0.4 is 4.72 Å². The zero-order valence-electron chi connectivity index (χ0n) is 29.0. The number of carbonyl (C=O) groups is 3. The Kier molecular flexibility index (Phi) is 11.5. The average molecular weight is 658 g/mol. The second kappa shape index (κ2) is 15.6. The highest BCUT2D eigenvalue weighted by Gasteiger charge is 2.32. The zero-order chi connectivity index (χ0) is 33.7. The molecular formula is C38H51N5O3S. The summed E-state index contributed by atoms with van der Waals surface area (Å²) in [6, 6.07) is 14.4. The number of rotatable bonds is 12. The minimum atomic E-state index is -0.150. The number of carbonyl (C=O) groups excluding carboxylic acids is 3. The quantitative estimate of drug-likeness (QED) is 0.163. The summed E-state index contributed by atoms with van der Waals surface area (Å²) in [5, 5.41) is 1.14. The van der Waals surface area contributed by atoms with E-state index in [0.29, 0.717) is 44.0 Å². The van der Waals surface area contributed by atoms with E-state index in [0.717, 1.165) is 39.7 Å². The number of benzene rings is 2. The van der Waals surface area contributed by atoms with E-state index in [1.165, 1.54) is 49.8 Å². The van der Waals surface area contributed by atoms with Crippen LogP contribution in [-0.2, 0) is 16.1 Å². The smallest absolute Gasteiger partial charge is 0.262 e. The fourth-order valence-electron chi connectivity index (χ4n) is 7.13. The van der Waals surface area contributed by atoms with Crippen LogP contribution in [0.15, 0.2) is 48.0 Å². The number of unbranched alkanes of at least 4 members (excludes halogenated alkanes) is 4. The van der Waals surface area contributed by atoms with Gasteiger partial charge in [0.15, 0.2) is 0 Å². The number of nitrogens with one attached hydrogen (secondary N) is 1. The summed E-state index contributed by atoms with van der Waals surface area (Å²) in [6.45, 7) is 6.12. The first-order valence-electron chi connectivity index (χ1n) is 17.2. The Hall–Kier alpha value is -3.56. The number of piperidine rings is 1. The van der Waals surface area contributed by atoms with Gasteiger partial charge in [0.25, 0.3) is 11.8 Å². The van der Waals surface area contributed by atoms with Gasteiger partial charge in [-0.05, 0) is 68.6 Å². The van der Waals surface area contributed by atoms with Crippen LogP contribution in [0.5, 0.6) is 0 Å². The van der Waals surface area contributed by atoms with Crippen LogP contribution in [0.4, 0.5) is 0 Å². The van der Waals surface area contributed by atoms with Crippen molar-refractivity contribution in [3.05, 3.63) is 64.7 Å². The van der Waals surface area contributed by atoms with Crippen LogP contribution in [0.1, 0.15) is 92.6 Å². The maximum atomic E-state index is 14.2. The summed E-state index contributed by atoms with van der Waals surface area (Å²) in [5.74, 6) is 0.269. The van der Waals surface area contributed by atoms with Gasteiger partial charge in [-0.3, -0.25) is 19.1 Å². The predicted molar refractivity (Wildman–Crippen MR) is 194 cm³/mol. The number of fused-ring (bicyclic) bond motifs is 5. The topological polar surface area (TPSA) is 77.9 Å². The summed E-state index contributed by atoms with van der Waals surface area (Å²) < 4.78 is 7.06. The van der Waals surface area contributed by atoms with Gasteiger partial charge in [-0.25, -0.2) is 4.31 Å². The van der Waals surface area contributed by atoms with Gasteiger partial charge in [0.2, 0.25) is 5.91 Å². The van der Waals surface area contributed by atoms with Gasteiger partial charge in [-0.1, -0.05) is 76.3 Å². The standard InChI is InChI=1S/C38H51N5O3S/c1-7-8-9-10-11-14-26(2)34-32-18-17-29(36(44)39-47-41(5)6)24-33(32)43-25-30(23-28-15-12-13-16-31(28)35(34)43)38(46)42-21-19-27(20-22-42)37(45)40(3)4/h12-13,15-18,23-24,26-27H,7-11,14,19-22,25H2,1-6H3,(H,39,44). The third-order valence-electron chi connectivity index (χ3n) is 9.64. The van der Waals surface area contributed by atoms with Crippen molar-refractivity contribution in [2.45, 2.75) is 77.7 Å². The first-order valence-corrected chi connectivity index (χ1v) is 18.0. The van der Waals surface area contributed by atoms with Crippen LogP contribution >= 0.6 is 12.1 Å². The molecule has 252 valence electrons. The summed E-state index contributed by atoms with van der Waals surface area (Å²) in [7, 11) is 7.37. The van der Waals surface area contributed by atoms with Gasteiger partial charge < -0.3 is 14.4 Å². The van der Waals surface area contributed by atoms with E-state index < -0.39 is 0 Å². The van der Waals surface area contributed by atoms with Crippen molar-refractivity contribution in [3.8, 4) is 11.3 Å². The van der Waals surface area contributed by atoms with Crippen molar-refractivity contribution in [1.29, 1.82) is 0 Å². The van der Waals surface area contributed by atoms with Gasteiger partial charge in [0, 0.05) is 72.8 Å². The number of nitrogens with zero attached hydrogens (tertiary/aromatic N) is 4. The van der Waals surface area contributed by atoms with Crippen molar-refractivity contribution in [3.63, 3.8) is 0 Å². The van der Waals surface area contributed by atoms with E-state index in [-0.39, 0.29) is 23.6 Å². The Morgan fingerprint density at radius 2 is 1.70 bits per heavy atom. The van der Waals surface area contributed by atoms with Gasteiger partial charge >= 0.3 is 0 Å². The molecule has 0 aliphatic carbocycles. The number of likely N-dealkylation sites (tertiary alicyclic amines) is 1. The summed E-state index contributed by atoms with van der Waals surface area (Å²) >= 11 is 1.25. The lowest BCUT2D eigenvalue weighted by molar-refractivity contribution is -0.137. The predicted octanol–water partition coefficient (Wildman–Crippen LogP) is 7.35. The molecule has 9 heteroatoms. The minimum Gasteiger partial charge on any atom is -0.349 e. The molecule has 3 amide bonds. The maximum Gasteiger partial charge on any atom is 0.262 e. The fraction of sp³-hybridized carbons (Fsp3) is 0.500. The molecule has 0 radical (unpaired) electrons. The molecule has 0 bridgehead atoms. The molecule has 2 aliphatic heterocycles. The second-order valence-corrected chi connectivity index (χ2v) is 14.7. The number of amides is 3. The molecule has 2 aromatic carbocycles. The molecule has 3 aromatic rings. The zero-order valence-corrected chi connectivity index (χ0v) is 29.8. The molecule has 47 heavy (non-hydrogen) atoms. The van der Waals surface area contributed by atoms with Crippen LogP contribution in [-0.4, -0.2) is 77.7 Å². The van der Waals surface area contributed by atoms with Crippen LogP contribution in [0, 0.1) is 5.92 Å².